The third kappa shape index (κ3) is 4.99. The van der Waals surface area contributed by atoms with E-state index in [0.717, 1.165) is 51.4 Å². The van der Waals surface area contributed by atoms with Crippen molar-refractivity contribution in [2.75, 3.05) is 6.54 Å². The fourth-order valence-electron chi connectivity index (χ4n) is 3.71. The van der Waals surface area contributed by atoms with Gasteiger partial charge in [-0.25, -0.2) is 0 Å². The molecular formula is C16H28N2O3. The van der Waals surface area contributed by atoms with Gasteiger partial charge in [0.15, 0.2) is 0 Å². The second-order valence-corrected chi connectivity index (χ2v) is 6.65. The Morgan fingerprint density at radius 1 is 1.14 bits per heavy atom. The van der Waals surface area contributed by atoms with Gasteiger partial charge in [0.2, 0.25) is 11.8 Å². The molecule has 0 spiro atoms. The molecule has 3 atom stereocenters. The molecule has 2 amide bonds. The van der Waals surface area contributed by atoms with E-state index in [0.29, 0.717) is 12.5 Å². The summed E-state index contributed by atoms with van der Waals surface area (Å²) in [4.78, 5) is 23.7. The van der Waals surface area contributed by atoms with Crippen LogP contribution in [0.5, 0.6) is 0 Å². The van der Waals surface area contributed by atoms with Crippen molar-refractivity contribution in [3.05, 3.63) is 0 Å². The van der Waals surface area contributed by atoms with Crippen molar-refractivity contribution >= 4 is 11.8 Å². The zero-order valence-electron chi connectivity index (χ0n) is 12.9. The largest absolute Gasteiger partial charge is 0.393 e. The monoisotopic (exact) mass is 296 g/mol. The van der Waals surface area contributed by atoms with E-state index in [2.05, 4.69) is 10.6 Å². The zero-order chi connectivity index (χ0) is 15.2. The quantitative estimate of drug-likeness (QED) is 0.716. The molecule has 0 aromatic heterocycles. The number of aliphatic hydroxyl groups excluding tert-OH is 1. The van der Waals surface area contributed by atoms with Gasteiger partial charge in [0.1, 0.15) is 6.04 Å². The van der Waals surface area contributed by atoms with Gasteiger partial charge in [-0.3, -0.25) is 9.59 Å². The third-order valence-corrected chi connectivity index (χ3v) is 4.83. The van der Waals surface area contributed by atoms with Crippen LogP contribution in [-0.2, 0) is 9.59 Å². The molecule has 3 unspecified atom stereocenters. The van der Waals surface area contributed by atoms with Gasteiger partial charge in [-0.2, -0.15) is 0 Å². The lowest BCUT2D eigenvalue weighted by molar-refractivity contribution is -0.129. The van der Waals surface area contributed by atoms with Crippen molar-refractivity contribution in [2.45, 2.75) is 70.4 Å². The molecule has 0 bridgehead atoms. The van der Waals surface area contributed by atoms with Crippen LogP contribution in [0.4, 0.5) is 0 Å². The summed E-state index contributed by atoms with van der Waals surface area (Å²) in [6.45, 7) is 2.07. The summed E-state index contributed by atoms with van der Waals surface area (Å²) in [5.41, 5.74) is 0. The van der Waals surface area contributed by atoms with Crippen LogP contribution in [0.15, 0.2) is 0 Å². The molecule has 0 aromatic rings. The minimum absolute atomic E-state index is 0.0582. The molecule has 0 radical (unpaired) electrons. The van der Waals surface area contributed by atoms with Crippen molar-refractivity contribution in [3.8, 4) is 0 Å². The average molecular weight is 296 g/mol. The van der Waals surface area contributed by atoms with Gasteiger partial charge in [0, 0.05) is 13.5 Å². The van der Waals surface area contributed by atoms with E-state index in [1.54, 1.807) is 0 Å². The normalized spacial score (nSPS) is 28.1. The Bertz CT molecular complexity index is 367. The number of hydrogen-bond donors (Lipinski definition) is 3. The summed E-state index contributed by atoms with van der Waals surface area (Å²) >= 11 is 0. The number of aliphatic hydroxyl groups is 1. The maximum atomic E-state index is 12.4. The van der Waals surface area contributed by atoms with Crippen molar-refractivity contribution in [1.82, 2.24) is 10.6 Å². The van der Waals surface area contributed by atoms with E-state index >= 15 is 0 Å². The van der Waals surface area contributed by atoms with E-state index < -0.39 is 6.04 Å². The number of rotatable bonds is 5. The van der Waals surface area contributed by atoms with Crippen LogP contribution >= 0.6 is 0 Å². The highest BCUT2D eigenvalue weighted by molar-refractivity contribution is 5.87. The molecule has 5 nitrogen and oxygen atoms in total. The lowest BCUT2D eigenvalue weighted by atomic mass is 9.87. The van der Waals surface area contributed by atoms with E-state index in [-0.39, 0.29) is 23.8 Å². The Morgan fingerprint density at radius 2 is 1.86 bits per heavy atom. The minimum atomic E-state index is -0.390. The van der Waals surface area contributed by atoms with Gasteiger partial charge in [-0.15, -0.1) is 0 Å². The van der Waals surface area contributed by atoms with E-state index in [9.17, 15) is 14.7 Å². The van der Waals surface area contributed by atoms with Gasteiger partial charge in [0.05, 0.1) is 6.10 Å². The molecule has 0 aliphatic heterocycles. The van der Waals surface area contributed by atoms with Crippen LogP contribution in [0.3, 0.4) is 0 Å². The SMILES string of the molecule is CC(=O)NC(C(=O)NCC1CCCC(O)C1)C1CCCC1. The summed E-state index contributed by atoms with van der Waals surface area (Å²) in [5.74, 6) is 0.428. The molecule has 120 valence electrons. The maximum absolute atomic E-state index is 12.4. The molecule has 2 saturated carbocycles. The predicted molar refractivity (Wildman–Crippen MR) is 80.5 cm³/mol. The average Bonchev–Trinajstić information content (AvgIpc) is 2.96. The van der Waals surface area contributed by atoms with Crippen LogP contribution in [0.1, 0.15) is 58.3 Å². The fourth-order valence-corrected chi connectivity index (χ4v) is 3.71. The molecular weight excluding hydrogens is 268 g/mol. The lowest BCUT2D eigenvalue weighted by Crippen LogP contribution is -2.50. The van der Waals surface area contributed by atoms with Crippen molar-refractivity contribution in [3.63, 3.8) is 0 Å². The topological polar surface area (TPSA) is 78.4 Å². The van der Waals surface area contributed by atoms with E-state index in [1.165, 1.54) is 6.92 Å². The van der Waals surface area contributed by atoms with Crippen LogP contribution in [-0.4, -0.2) is 35.6 Å². The first-order valence-electron chi connectivity index (χ1n) is 8.29. The first-order valence-corrected chi connectivity index (χ1v) is 8.29. The lowest BCUT2D eigenvalue weighted by Gasteiger charge is -2.28. The van der Waals surface area contributed by atoms with Crippen LogP contribution in [0.2, 0.25) is 0 Å². The van der Waals surface area contributed by atoms with Crippen molar-refractivity contribution in [2.24, 2.45) is 11.8 Å². The molecule has 2 aliphatic carbocycles. The highest BCUT2D eigenvalue weighted by Crippen LogP contribution is 2.28. The van der Waals surface area contributed by atoms with E-state index in [4.69, 9.17) is 0 Å². The molecule has 3 N–H and O–H groups in total. The minimum Gasteiger partial charge on any atom is -0.393 e. The highest BCUT2D eigenvalue weighted by atomic mass is 16.3. The molecule has 0 saturated heterocycles. The molecule has 0 aromatic carbocycles. The predicted octanol–water partition coefficient (Wildman–Crippen LogP) is 1.35. The van der Waals surface area contributed by atoms with Crippen LogP contribution < -0.4 is 10.6 Å². The second kappa shape index (κ2) is 7.78. The summed E-state index contributed by atoms with van der Waals surface area (Å²) in [6.07, 6.45) is 7.83. The molecule has 2 aliphatic rings. The maximum Gasteiger partial charge on any atom is 0.242 e. The summed E-state index contributed by atoms with van der Waals surface area (Å²) in [7, 11) is 0. The molecule has 2 rings (SSSR count). The molecule has 2 fully saturated rings. The smallest absolute Gasteiger partial charge is 0.242 e. The first kappa shape index (κ1) is 16.3. The third-order valence-electron chi connectivity index (χ3n) is 4.83. The van der Waals surface area contributed by atoms with Crippen molar-refractivity contribution < 1.29 is 14.7 Å². The number of amides is 2. The van der Waals surface area contributed by atoms with Crippen molar-refractivity contribution in [1.29, 1.82) is 0 Å². The number of hydrogen-bond acceptors (Lipinski definition) is 3. The van der Waals surface area contributed by atoms with Gasteiger partial charge in [0.25, 0.3) is 0 Å². The van der Waals surface area contributed by atoms with Gasteiger partial charge in [-0.1, -0.05) is 19.3 Å². The standard InChI is InChI=1S/C16H28N2O3/c1-11(19)18-15(13-6-2-3-7-13)16(21)17-10-12-5-4-8-14(20)9-12/h12-15,20H,2-10H2,1H3,(H,17,21)(H,18,19). The van der Waals surface area contributed by atoms with E-state index in [1.807, 2.05) is 0 Å². The first-order chi connectivity index (χ1) is 10.1. The Hall–Kier alpha value is -1.10. The Kier molecular flexibility index (Phi) is 6.03. The van der Waals surface area contributed by atoms with Crippen LogP contribution in [0.25, 0.3) is 0 Å². The number of carbonyl (C=O) groups excluding carboxylic acids is 2. The van der Waals surface area contributed by atoms with Crippen LogP contribution in [0, 0.1) is 11.8 Å². The fraction of sp³-hybridized carbons (Fsp3) is 0.875. The summed E-state index contributed by atoms with van der Waals surface area (Å²) < 4.78 is 0. The van der Waals surface area contributed by atoms with Gasteiger partial charge in [-0.05, 0) is 43.9 Å². The summed E-state index contributed by atoms with van der Waals surface area (Å²) in [6, 6.07) is -0.390. The summed E-state index contributed by atoms with van der Waals surface area (Å²) in [5, 5.41) is 15.5. The molecule has 21 heavy (non-hydrogen) atoms. The molecule has 0 heterocycles. The Balaban J connectivity index is 1.84. The van der Waals surface area contributed by atoms with Gasteiger partial charge >= 0.3 is 0 Å². The van der Waals surface area contributed by atoms with Gasteiger partial charge < -0.3 is 15.7 Å². The number of nitrogens with one attached hydrogen (secondary N) is 2. The molecule has 5 heteroatoms. The second-order valence-electron chi connectivity index (χ2n) is 6.65. The Labute approximate surface area is 126 Å². The zero-order valence-corrected chi connectivity index (χ0v) is 12.9. The highest BCUT2D eigenvalue weighted by Gasteiger charge is 2.31. The Morgan fingerprint density at radius 3 is 2.48 bits per heavy atom. The number of carbonyl (C=O) groups is 2.